The lowest BCUT2D eigenvalue weighted by Crippen LogP contribution is -2.31. The highest BCUT2D eigenvalue weighted by Crippen LogP contribution is 2.22. The maximum Gasteiger partial charge on any atom is 0.264 e. The highest BCUT2D eigenvalue weighted by molar-refractivity contribution is 9.10. The van der Waals surface area contributed by atoms with Gasteiger partial charge < -0.3 is 15.4 Å². The Morgan fingerprint density at radius 1 is 1.24 bits per heavy atom. The minimum atomic E-state index is -0.123. The molecule has 2 N–H and O–H groups in total. The second-order valence-electron chi connectivity index (χ2n) is 4.74. The predicted molar refractivity (Wildman–Crippen MR) is 88.6 cm³/mol. The lowest BCUT2D eigenvalue weighted by Gasteiger charge is -2.18. The Kier molecular flexibility index (Phi) is 4.85. The lowest BCUT2D eigenvalue weighted by molar-refractivity contribution is -0.120. The average molecular weight is 349 g/mol. The van der Waals surface area contributed by atoms with Gasteiger partial charge in [0.05, 0.1) is 0 Å². The lowest BCUT2D eigenvalue weighted by atomic mass is 10.2. The Hall–Kier alpha value is -2.01. The van der Waals surface area contributed by atoms with Gasteiger partial charge in [0.15, 0.2) is 6.61 Å². The summed E-state index contributed by atoms with van der Waals surface area (Å²) in [6, 6.07) is 12.8. The van der Waals surface area contributed by atoms with Gasteiger partial charge in [-0.3, -0.25) is 4.79 Å². The van der Waals surface area contributed by atoms with Crippen molar-refractivity contribution in [2.75, 3.05) is 24.3 Å². The highest BCUT2D eigenvalue weighted by atomic mass is 79.9. The van der Waals surface area contributed by atoms with Crippen molar-refractivity contribution in [3.8, 4) is 5.75 Å². The molecule has 0 saturated carbocycles. The van der Waals surface area contributed by atoms with E-state index in [9.17, 15) is 4.79 Å². The summed E-state index contributed by atoms with van der Waals surface area (Å²) in [5.74, 6) is 0.583. The summed E-state index contributed by atoms with van der Waals surface area (Å²) in [5, 5.41) is 0. The van der Waals surface area contributed by atoms with Crippen LogP contribution in [-0.2, 0) is 4.79 Å². The van der Waals surface area contributed by atoms with Crippen molar-refractivity contribution in [2.45, 2.75) is 6.92 Å². The van der Waals surface area contributed by atoms with E-state index < -0.39 is 0 Å². The molecule has 0 atom stereocenters. The molecular weight excluding hydrogens is 332 g/mol. The van der Waals surface area contributed by atoms with Crippen molar-refractivity contribution in [3.63, 3.8) is 0 Å². The monoisotopic (exact) mass is 348 g/mol. The maximum atomic E-state index is 12.1. The predicted octanol–water partition coefficient (Wildman–Crippen LogP) is 3.38. The molecule has 0 saturated heterocycles. The number of carbonyl (C=O) groups excluding carboxylic acids is 1. The van der Waals surface area contributed by atoms with Gasteiger partial charge in [-0.15, -0.1) is 0 Å². The minimum absolute atomic E-state index is 0.0106. The third-order valence-corrected chi connectivity index (χ3v) is 3.64. The summed E-state index contributed by atoms with van der Waals surface area (Å²) in [5.41, 5.74) is 8.06. The van der Waals surface area contributed by atoms with Gasteiger partial charge in [0.1, 0.15) is 5.75 Å². The molecule has 0 heterocycles. The number of carbonyl (C=O) groups is 1. The zero-order chi connectivity index (χ0) is 15.4. The van der Waals surface area contributed by atoms with Crippen molar-refractivity contribution in [1.29, 1.82) is 0 Å². The Morgan fingerprint density at radius 3 is 2.52 bits per heavy atom. The van der Waals surface area contributed by atoms with Crippen LogP contribution in [0.25, 0.3) is 0 Å². The summed E-state index contributed by atoms with van der Waals surface area (Å²) >= 11 is 3.39. The molecule has 0 radical (unpaired) electrons. The van der Waals surface area contributed by atoms with Crippen LogP contribution in [0.5, 0.6) is 5.75 Å². The van der Waals surface area contributed by atoms with E-state index in [4.69, 9.17) is 10.5 Å². The van der Waals surface area contributed by atoms with Crippen LogP contribution in [0, 0.1) is 6.92 Å². The number of aryl methyl sites for hydroxylation is 1. The van der Waals surface area contributed by atoms with Crippen LogP contribution in [0.2, 0.25) is 0 Å². The van der Waals surface area contributed by atoms with E-state index in [1.165, 1.54) is 0 Å². The van der Waals surface area contributed by atoms with E-state index in [0.29, 0.717) is 11.4 Å². The molecule has 0 spiro atoms. The van der Waals surface area contributed by atoms with E-state index in [-0.39, 0.29) is 12.5 Å². The number of rotatable bonds is 4. The molecule has 4 nitrogen and oxygen atoms in total. The van der Waals surface area contributed by atoms with E-state index in [1.54, 1.807) is 36.2 Å². The van der Waals surface area contributed by atoms with Crippen molar-refractivity contribution < 1.29 is 9.53 Å². The van der Waals surface area contributed by atoms with Crippen LogP contribution in [0.3, 0.4) is 0 Å². The molecule has 0 aliphatic rings. The fraction of sp³-hybridized carbons (Fsp3) is 0.188. The number of hydrogen-bond acceptors (Lipinski definition) is 3. The number of nitrogens with two attached hydrogens (primary N) is 1. The number of nitrogens with zero attached hydrogens (tertiary/aromatic N) is 1. The van der Waals surface area contributed by atoms with Crippen LogP contribution in [-0.4, -0.2) is 19.6 Å². The third kappa shape index (κ3) is 3.98. The van der Waals surface area contributed by atoms with Crippen LogP contribution >= 0.6 is 15.9 Å². The first-order valence-electron chi connectivity index (χ1n) is 6.48. The molecule has 2 aromatic carbocycles. The van der Waals surface area contributed by atoms with Gasteiger partial charge in [-0.1, -0.05) is 15.9 Å². The third-order valence-electron chi connectivity index (χ3n) is 3.14. The molecule has 0 aliphatic carbocycles. The average Bonchev–Trinajstić information content (AvgIpc) is 2.46. The molecule has 1 amide bonds. The number of likely N-dealkylation sites (N-methyl/N-ethyl adjacent to an activating group) is 1. The first-order valence-corrected chi connectivity index (χ1v) is 7.27. The summed E-state index contributed by atoms with van der Waals surface area (Å²) in [7, 11) is 1.71. The quantitative estimate of drug-likeness (QED) is 0.861. The number of hydrogen-bond donors (Lipinski definition) is 1. The van der Waals surface area contributed by atoms with Gasteiger partial charge in [0.25, 0.3) is 5.91 Å². The number of amides is 1. The van der Waals surface area contributed by atoms with Gasteiger partial charge in [0, 0.05) is 22.9 Å². The standard InChI is InChI=1S/C16H17BrN2O2/c1-11-9-12(17)3-8-15(11)21-10-16(20)19(2)14-6-4-13(18)5-7-14/h3-9H,10,18H2,1-2H3. The number of halogens is 1. The van der Waals surface area contributed by atoms with E-state index in [0.717, 1.165) is 15.7 Å². The van der Waals surface area contributed by atoms with Gasteiger partial charge >= 0.3 is 0 Å². The molecule has 2 rings (SSSR count). The molecule has 0 bridgehead atoms. The fourth-order valence-electron chi connectivity index (χ4n) is 1.85. The van der Waals surface area contributed by atoms with Crippen LogP contribution in [0.15, 0.2) is 46.9 Å². The molecule has 0 aliphatic heterocycles. The van der Waals surface area contributed by atoms with Gasteiger partial charge in [0.2, 0.25) is 0 Å². The zero-order valence-corrected chi connectivity index (χ0v) is 13.6. The van der Waals surface area contributed by atoms with Gasteiger partial charge in [-0.2, -0.15) is 0 Å². The number of benzene rings is 2. The molecule has 0 aromatic heterocycles. The Morgan fingerprint density at radius 2 is 1.90 bits per heavy atom. The minimum Gasteiger partial charge on any atom is -0.483 e. The summed E-state index contributed by atoms with van der Waals surface area (Å²) in [6.45, 7) is 1.93. The van der Waals surface area contributed by atoms with Gasteiger partial charge in [-0.25, -0.2) is 0 Å². The number of ether oxygens (including phenoxy) is 1. The largest absolute Gasteiger partial charge is 0.483 e. The summed E-state index contributed by atoms with van der Waals surface area (Å²) in [6.07, 6.45) is 0. The Balaban J connectivity index is 1.99. The first-order chi connectivity index (χ1) is 9.97. The number of anilines is 2. The number of nitrogen functional groups attached to an aromatic ring is 1. The molecule has 0 unspecified atom stereocenters. The molecule has 110 valence electrons. The summed E-state index contributed by atoms with van der Waals surface area (Å²) in [4.78, 5) is 13.7. The SMILES string of the molecule is Cc1cc(Br)ccc1OCC(=O)N(C)c1ccc(N)cc1. The fourth-order valence-corrected chi connectivity index (χ4v) is 2.33. The van der Waals surface area contributed by atoms with E-state index in [2.05, 4.69) is 15.9 Å². The topological polar surface area (TPSA) is 55.6 Å². The molecule has 2 aromatic rings. The molecule has 21 heavy (non-hydrogen) atoms. The highest BCUT2D eigenvalue weighted by Gasteiger charge is 2.12. The smallest absolute Gasteiger partial charge is 0.264 e. The van der Waals surface area contributed by atoms with Crippen molar-refractivity contribution in [2.24, 2.45) is 0 Å². The Labute approximate surface area is 132 Å². The maximum absolute atomic E-state index is 12.1. The van der Waals surface area contributed by atoms with Gasteiger partial charge in [-0.05, 0) is 55.0 Å². The molecular formula is C16H17BrN2O2. The van der Waals surface area contributed by atoms with E-state index in [1.807, 2.05) is 25.1 Å². The second-order valence-corrected chi connectivity index (χ2v) is 5.66. The Bertz CT molecular complexity index is 641. The first kappa shape index (κ1) is 15.4. The van der Waals surface area contributed by atoms with Crippen molar-refractivity contribution in [3.05, 3.63) is 52.5 Å². The molecule has 5 heteroatoms. The van der Waals surface area contributed by atoms with Crippen LogP contribution < -0.4 is 15.4 Å². The normalized spacial score (nSPS) is 10.2. The summed E-state index contributed by atoms with van der Waals surface area (Å²) < 4.78 is 6.57. The van der Waals surface area contributed by atoms with Crippen molar-refractivity contribution in [1.82, 2.24) is 0 Å². The van der Waals surface area contributed by atoms with Crippen molar-refractivity contribution >= 4 is 33.2 Å². The molecule has 0 fully saturated rings. The second kappa shape index (κ2) is 6.63. The van der Waals surface area contributed by atoms with E-state index >= 15 is 0 Å². The zero-order valence-electron chi connectivity index (χ0n) is 12.0. The van der Waals surface area contributed by atoms with Crippen LogP contribution in [0.4, 0.5) is 11.4 Å². The van der Waals surface area contributed by atoms with Crippen LogP contribution in [0.1, 0.15) is 5.56 Å².